The second-order valence-corrected chi connectivity index (χ2v) is 4.46. The molecular weight excluding hydrogens is 208 g/mol. The van der Waals surface area contributed by atoms with E-state index in [0.29, 0.717) is 19.6 Å². The fraction of sp³-hybridized carbons (Fsp3) is 0.909. The minimum atomic E-state index is -0.706. The van der Waals surface area contributed by atoms with Gasteiger partial charge < -0.3 is 20.5 Å². The minimum Gasteiger partial charge on any atom is -0.385 e. The Balaban J connectivity index is 2.39. The maximum absolute atomic E-state index is 11.4. The number of primary amides is 1. The largest absolute Gasteiger partial charge is 0.385 e. The molecule has 2 unspecified atom stereocenters. The van der Waals surface area contributed by atoms with Gasteiger partial charge in [0, 0.05) is 26.9 Å². The number of carbonyl (C=O) groups is 1. The summed E-state index contributed by atoms with van der Waals surface area (Å²) in [6, 6.07) is 0. The lowest BCUT2D eigenvalue weighted by molar-refractivity contribution is -0.124. The van der Waals surface area contributed by atoms with E-state index in [2.05, 4.69) is 5.32 Å². The van der Waals surface area contributed by atoms with Crippen LogP contribution >= 0.6 is 0 Å². The summed E-state index contributed by atoms with van der Waals surface area (Å²) >= 11 is 0. The van der Waals surface area contributed by atoms with Crippen LogP contribution in [0.2, 0.25) is 0 Å². The number of methoxy groups -OCH3 is 1. The van der Waals surface area contributed by atoms with Crippen molar-refractivity contribution in [2.24, 2.45) is 5.73 Å². The Bertz CT molecular complexity index is 229. The molecule has 1 heterocycles. The van der Waals surface area contributed by atoms with E-state index in [1.807, 2.05) is 6.92 Å². The zero-order valence-corrected chi connectivity index (χ0v) is 10.1. The first-order chi connectivity index (χ1) is 7.58. The molecular formula is C11H22N2O3. The number of nitrogens with one attached hydrogen (secondary N) is 1. The van der Waals surface area contributed by atoms with Crippen molar-refractivity contribution in [2.75, 3.05) is 26.9 Å². The Morgan fingerprint density at radius 3 is 2.94 bits per heavy atom. The van der Waals surface area contributed by atoms with Gasteiger partial charge in [-0.15, -0.1) is 0 Å². The van der Waals surface area contributed by atoms with E-state index in [1.165, 1.54) is 0 Å². The quantitative estimate of drug-likeness (QED) is 0.647. The first kappa shape index (κ1) is 13.4. The summed E-state index contributed by atoms with van der Waals surface area (Å²) in [5, 5.41) is 3.19. The van der Waals surface area contributed by atoms with Crippen molar-refractivity contribution in [1.29, 1.82) is 0 Å². The van der Waals surface area contributed by atoms with Crippen molar-refractivity contribution >= 4 is 5.91 Å². The SMILES string of the molecule is COCCC(C)(NCC1CCCO1)C(N)=O. The summed E-state index contributed by atoms with van der Waals surface area (Å²) in [5.41, 5.74) is 4.69. The maximum atomic E-state index is 11.4. The average molecular weight is 230 g/mol. The second kappa shape index (κ2) is 6.18. The molecule has 3 N–H and O–H groups in total. The first-order valence-electron chi connectivity index (χ1n) is 5.74. The number of rotatable bonds is 7. The van der Waals surface area contributed by atoms with Crippen LogP contribution in [0.4, 0.5) is 0 Å². The lowest BCUT2D eigenvalue weighted by Gasteiger charge is -2.28. The predicted octanol–water partition coefficient (Wildman–Crippen LogP) is 0.0355. The van der Waals surface area contributed by atoms with Crippen molar-refractivity contribution in [1.82, 2.24) is 5.32 Å². The summed E-state index contributed by atoms with van der Waals surface area (Å²) in [7, 11) is 1.61. The Labute approximate surface area is 96.7 Å². The van der Waals surface area contributed by atoms with Crippen LogP contribution in [0.1, 0.15) is 26.2 Å². The number of hydrogen-bond acceptors (Lipinski definition) is 4. The molecule has 0 aromatic heterocycles. The van der Waals surface area contributed by atoms with Gasteiger partial charge in [0.2, 0.25) is 5.91 Å². The van der Waals surface area contributed by atoms with Crippen molar-refractivity contribution in [3.8, 4) is 0 Å². The average Bonchev–Trinajstić information content (AvgIpc) is 2.76. The lowest BCUT2D eigenvalue weighted by Crippen LogP contribution is -2.55. The highest BCUT2D eigenvalue weighted by atomic mass is 16.5. The summed E-state index contributed by atoms with van der Waals surface area (Å²) in [4.78, 5) is 11.4. The normalized spacial score (nSPS) is 24.2. The van der Waals surface area contributed by atoms with Gasteiger partial charge in [-0.1, -0.05) is 0 Å². The van der Waals surface area contributed by atoms with Gasteiger partial charge in [-0.25, -0.2) is 0 Å². The van der Waals surface area contributed by atoms with E-state index >= 15 is 0 Å². The van der Waals surface area contributed by atoms with Crippen molar-refractivity contribution in [3.63, 3.8) is 0 Å². The van der Waals surface area contributed by atoms with Gasteiger partial charge in [-0.2, -0.15) is 0 Å². The number of amides is 1. The number of carbonyl (C=O) groups excluding carboxylic acids is 1. The summed E-state index contributed by atoms with van der Waals surface area (Å²) in [5.74, 6) is -0.345. The van der Waals surface area contributed by atoms with Crippen LogP contribution in [0.15, 0.2) is 0 Å². The van der Waals surface area contributed by atoms with E-state index < -0.39 is 5.54 Å². The molecule has 5 heteroatoms. The molecule has 0 radical (unpaired) electrons. The highest BCUT2D eigenvalue weighted by Gasteiger charge is 2.31. The molecule has 1 fully saturated rings. The van der Waals surface area contributed by atoms with Crippen molar-refractivity contribution < 1.29 is 14.3 Å². The molecule has 2 atom stereocenters. The fourth-order valence-corrected chi connectivity index (χ4v) is 1.75. The first-order valence-corrected chi connectivity index (χ1v) is 5.74. The van der Waals surface area contributed by atoms with E-state index in [9.17, 15) is 4.79 Å². The lowest BCUT2D eigenvalue weighted by atomic mass is 9.97. The molecule has 16 heavy (non-hydrogen) atoms. The Kier molecular flexibility index (Phi) is 5.18. The molecule has 1 rings (SSSR count). The van der Waals surface area contributed by atoms with E-state index in [-0.39, 0.29) is 12.0 Å². The molecule has 5 nitrogen and oxygen atoms in total. The monoisotopic (exact) mass is 230 g/mol. The van der Waals surface area contributed by atoms with Gasteiger partial charge in [0.1, 0.15) is 0 Å². The highest BCUT2D eigenvalue weighted by molar-refractivity contribution is 5.84. The van der Waals surface area contributed by atoms with Gasteiger partial charge in [-0.3, -0.25) is 4.79 Å². The van der Waals surface area contributed by atoms with Crippen LogP contribution < -0.4 is 11.1 Å². The summed E-state index contributed by atoms with van der Waals surface area (Å²) in [6.07, 6.45) is 2.93. The Morgan fingerprint density at radius 2 is 2.44 bits per heavy atom. The molecule has 0 bridgehead atoms. The zero-order chi connectivity index (χ0) is 12.0. The fourth-order valence-electron chi connectivity index (χ4n) is 1.75. The van der Waals surface area contributed by atoms with Crippen LogP contribution in [-0.4, -0.2) is 44.4 Å². The van der Waals surface area contributed by atoms with Crippen LogP contribution in [0.5, 0.6) is 0 Å². The van der Waals surface area contributed by atoms with Gasteiger partial charge in [-0.05, 0) is 26.2 Å². The maximum Gasteiger partial charge on any atom is 0.237 e. The van der Waals surface area contributed by atoms with Crippen LogP contribution in [-0.2, 0) is 14.3 Å². The molecule has 0 spiro atoms. The van der Waals surface area contributed by atoms with Crippen LogP contribution in [0.25, 0.3) is 0 Å². The molecule has 0 aromatic carbocycles. The molecule has 0 aromatic rings. The molecule has 1 aliphatic heterocycles. The summed E-state index contributed by atoms with van der Waals surface area (Å²) in [6.45, 7) is 3.81. The third kappa shape index (κ3) is 3.73. The molecule has 1 aliphatic rings. The van der Waals surface area contributed by atoms with Crippen LogP contribution in [0, 0.1) is 0 Å². The van der Waals surface area contributed by atoms with Gasteiger partial charge >= 0.3 is 0 Å². The minimum absolute atomic E-state index is 0.209. The van der Waals surface area contributed by atoms with E-state index in [0.717, 1.165) is 19.4 Å². The Morgan fingerprint density at radius 1 is 1.69 bits per heavy atom. The number of nitrogens with two attached hydrogens (primary N) is 1. The standard InChI is InChI=1S/C11H22N2O3/c1-11(10(12)14,5-7-15-2)13-8-9-4-3-6-16-9/h9,13H,3-8H2,1-2H3,(H2,12,14). The molecule has 1 amide bonds. The topological polar surface area (TPSA) is 73.6 Å². The number of ether oxygens (including phenoxy) is 2. The third-order valence-electron chi connectivity index (χ3n) is 3.09. The molecule has 0 aliphatic carbocycles. The van der Waals surface area contributed by atoms with Gasteiger partial charge in [0.05, 0.1) is 11.6 Å². The smallest absolute Gasteiger partial charge is 0.237 e. The second-order valence-electron chi connectivity index (χ2n) is 4.46. The molecule has 1 saturated heterocycles. The third-order valence-corrected chi connectivity index (χ3v) is 3.09. The van der Waals surface area contributed by atoms with Crippen molar-refractivity contribution in [3.05, 3.63) is 0 Å². The van der Waals surface area contributed by atoms with Gasteiger partial charge in [0.25, 0.3) is 0 Å². The molecule has 0 saturated carbocycles. The Hall–Kier alpha value is -0.650. The van der Waals surface area contributed by atoms with E-state index in [4.69, 9.17) is 15.2 Å². The highest BCUT2D eigenvalue weighted by Crippen LogP contribution is 2.14. The van der Waals surface area contributed by atoms with Crippen LogP contribution in [0.3, 0.4) is 0 Å². The predicted molar refractivity (Wildman–Crippen MR) is 61.1 cm³/mol. The zero-order valence-electron chi connectivity index (χ0n) is 10.1. The number of hydrogen-bond donors (Lipinski definition) is 2. The van der Waals surface area contributed by atoms with Crippen molar-refractivity contribution in [2.45, 2.75) is 37.8 Å². The van der Waals surface area contributed by atoms with Gasteiger partial charge in [0.15, 0.2) is 0 Å². The molecule has 94 valence electrons. The van der Waals surface area contributed by atoms with E-state index in [1.54, 1.807) is 7.11 Å². The summed E-state index contributed by atoms with van der Waals surface area (Å²) < 4.78 is 10.5.